The van der Waals surface area contributed by atoms with E-state index in [4.69, 9.17) is 4.74 Å². The lowest BCUT2D eigenvalue weighted by molar-refractivity contribution is 0.312. The molecule has 0 N–H and O–H groups in total. The predicted octanol–water partition coefficient (Wildman–Crippen LogP) is 5.93. The van der Waals surface area contributed by atoms with Gasteiger partial charge in [0, 0.05) is 8.80 Å². The van der Waals surface area contributed by atoms with E-state index in [1.807, 2.05) is 0 Å². The monoisotopic (exact) mass is 325 g/mol. The summed E-state index contributed by atoms with van der Waals surface area (Å²) in [5.41, 5.74) is 0.551. The van der Waals surface area contributed by atoms with Gasteiger partial charge in [-0.1, -0.05) is 50.4 Å². The van der Waals surface area contributed by atoms with Crippen molar-refractivity contribution in [2.45, 2.75) is 70.0 Å². The number of hydrogen-bond donors (Lipinski definition) is 0. The third-order valence-electron chi connectivity index (χ3n) is 4.64. The molecule has 22 heavy (non-hydrogen) atoms. The second-order valence-electron chi connectivity index (χ2n) is 6.20. The number of unbranched alkanes of at least 4 members (excludes halogenated alkanes) is 2. The van der Waals surface area contributed by atoms with Gasteiger partial charge in [-0.15, -0.1) is 0 Å². The van der Waals surface area contributed by atoms with Gasteiger partial charge in [0.05, 0.1) is 6.61 Å². The van der Waals surface area contributed by atoms with Crippen LogP contribution < -0.4 is 4.74 Å². The topological polar surface area (TPSA) is 9.23 Å². The second kappa shape index (κ2) is 8.66. The van der Waals surface area contributed by atoms with Gasteiger partial charge in [0.15, 0.2) is 11.6 Å². The zero-order chi connectivity index (χ0) is 15.9. The molecule has 0 aromatic heterocycles. The molecule has 0 bridgehead atoms. The number of benzene rings is 1. The summed E-state index contributed by atoms with van der Waals surface area (Å²) in [7, 11) is -0.240. The molecule has 0 amide bonds. The van der Waals surface area contributed by atoms with E-state index in [1.165, 1.54) is 37.4 Å². The van der Waals surface area contributed by atoms with Gasteiger partial charge >= 0.3 is 0 Å². The maximum atomic E-state index is 14.3. The highest BCUT2D eigenvalue weighted by atomic mass is 28.3. The average molecular weight is 325 g/mol. The van der Waals surface area contributed by atoms with E-state index in [9.17, 15) is 8.78 Å². The molecule has 1 aromatic rings. The van der Waals surface area contributed by atoms with Gasteiger partial charge < -0.3 is 4.74 Å². The molecule has 0 spiro atoms. The first kappa shape index (κ1) is 17.5. The Morgan fingerprint density at radius 1 is 1.09 bits per heavy atom. The van der Waals surface area contributed by atoms with Crippen LogP contribution in [-0.2, 0) is 0 Å². The van der Waals surface area contributed by atoms with Gasteiger partial charge in [-0.05, 0) is 37.3 Å². The molecule has 0 atom stereocenters. The van der Waals surface area contributed by atoms with Crippen molar-refractivity contribution in [3.63, 3.8) is 0 Å². The molecular formula is C18H27F2OSi. The highest BCUT2D eigenvalue weighted by molar-refractivity contribution is 6.59. The van der Waals surface area contributed by atoms with E-state index in [2.05, 4.69) is 6.92 Å². The normalized spacial score (nSPS) is 16.9. The van der Waals surface area contributed by atoms with Crippen molar-refractivity contribution in [1.82, 2.24) is 0 Å². The van der Waals surface area contributed by atoms with Crippen molar-refractivity contribution in [3.05, 3.63) is 29.3 Å². The molecule has 1 saturated heterocycles. The van der Waals surface area contributed by atoms with Gasteiger partial charge in [0.2, 0.25) is 5.82 Å². The minimum atomic E-state index is -0.821. The van der Waals surface area contributed by atoms with Crippen LogP contribution in [0.2, 0.25) is 18.1 Å². The Labute approximate surface area is 134 Å². The van der Waals surface area contributed by atoms with Gasteiger partial charge in [0.25, 0.3) is 0 Å². The molecule has 2 rings (SSSR count). The molecule has 0 unspecified atom stereocenters. The number of rotatable bonds is 7. The van der Waals surface area contributed by atoms with E-state index in [0.717, 1.165) is 12.8 Å². The summed E-state index contributed by atoms with van der Waals surface area (Å²) in [4.78, 5) is 0. The summed E-state index contributed by atoms with van der Waals surface area (Å²) < 4.78 is 33.4. The Balaban J connectivity index is 1.95. The highest BCUT2D eigenvalue weighted by Crippen LogP contribution is 2.38. The Hall–Kier alpha value is -0.903. The van der Waals surface area contributed by atoms with E-state index in [1.54, 1.807) is 19.1 Å². The summed E-state index contributed by atoms with van der Waals surface area (Å²) in [6.45, 7) is 4.36. The Bertz CT molecular complexity index is 470. The highest BCUT2D eigenvalue weighted by Gasteiger charge is 2.27. The summed E-state index contributed by atoms with van der Waals surface area (Å²) in [6, 6.07) is 7.19. The summed E-state index contributed by atoms with van der Waals surface area (Å²) in [5, 5.41) is 0. The van der Waals surface area contributed by atoms with Crippen molar-refractivity contribution in [3.8, 4) is 5.75 Å². The van der Waals surface area contributed by atoms with Gasteiger partial charge in [-0.25, -0.2) is 4.39 Å². The van der Waals surface area contributed by atoms with Crippen LogP contribution in [0.3, 0.4) is 0 Å². The summed E-state index contributed by atoms with van der Waals surface area (Å²) in [5.74, 6) is -1.30. The fraction of sp³-hybridized carbons (Fsp3) is 0.667. The van der Waals surface area contributed by atoms with Gasteiger partial charge in [-0.2, -0.15) is 4.39 Å². The maximum absolute atomic E-state index is 14.3. The van der Waals surface area contributed by atoms with Crippen molar-refractivity contribution >= 4 is 8.80 Å². The van der Waals surface area contributed by atoms with E-state index in [-0.39, 0.29) is 20.5 Å². The zero-order valence-electron chi connectivity index (χ0n) is 13.8. The van der Waals surface area contributed by atoms with Crippen LogP contribution in [-0.4, -0.2) is 15.4 Å². The van der Waals surface area contributed by atoms with Crippen molar-refractivity contribution < 1.29 is 13.5 Å². The Morgan fingerprint density at radius 3 is 2.45 bits per heavy atom. The molecule has 1 nitrogen and oxygen atoms in total. The lowest BCUT2D eigenvalue weighted by Gasteiger charge is -2.28. The van der Waals surface area contributed by atoms with Crippen LogP contribution in [0.1, 0.15) is 57.4 Å². The minimum absolute atomic E-state index is 0.0314. The second-order valence-corrected chi connectivity index (χ2v) is 9.20. The standard InChI is InChI=1S/C18H27F2OSi/c1-3-5-6-11-22-12-9-14(10-13-22)15-7-8-16(21-4-2)18(20)17(15)19/h7-8,14H,3-6,9-13H2,1-2H3. The van der Waals surface area contributed by atoms with Gasteiger partial charge in [-0.3, -0.25) is 0 Å². The van der Waals surface area contributed by atoms with Crippen LogP contribution in [0.4, 0.5) is 8.78 Å². The third kappa shape index (κ3) is 4.31. The first-order valence-corrected chi connectivity index (χ1v) is 10.7. The fourth-order valence-electron chi connectivity index (χ4n) is 3.34. The van der Waals surface area contributed by atoms with Crippen LogP contribution >= 0.6 is 0 Å². The van der Waals surface area contributed by atoms with E-state index in [0.29, 0.717) is 12.2 Å². The molecular weight excluding hydrogens is 298 g/mol. The molecule has 4 heteroatoms. The van der Waals surface area contributed by atoms with Crippen LogP contribution in [0, 0.1) is 11.6 Å². The molecule has 1 radical (unpaired) electrons. The fourth-order valence-corrected chi connectivity index (χ4v) is 6.35. The molecule has 123 valence electrons. The van der Waals surface area contributed by atoms with Crippen molar-refractivity contribution in [2.75, 3.05) is 6.61 Å². The molecule has 1 aliphatic heterocycles. The molecule has 1 heterocycles. The zero-order valence-corrected chi connectivity index (χ0v) is 14.8. The number of halogens is 2. The number of ether oxygens (including phenoxy) is 1. The summed E-state index contributed by atoms with van der Waals surface area (Å²) in [6.07, 6.45) is 5.99. The molecule has 0 aliphatic carbocycles. The third-order valence-corrected chi connectivity index (χ3v) is 7.70. The SMILES string of the molecule is CCCCC[Si]1CCC(c2ccc(OCC)c(F)c2F)CC1. The molecule has 1 fully saturated rings. The first-order valence-electron chi connectivity index (χ1n) is 8.61. The van der Waals surface area contributed by atoms with E-state index < -0.39 is 11.6 Å². The van der Waals surface area contributed by atoms with E-state index >= 15 is 0 Å². The van der Waals surface area contributed by atoms with Crippen LogP contribution in [0.15, 0.2) is 12.1 Å². The minimum Gasteiger partial charge on any atom is -0.491 e. The lowest BCUT2D eigenvalue weighted by Crippen LogP contribution is -2.21. The predicted molar refractivity (Wildman–Crippen MR) is 89.2 cm³/mol. The lowest BCUT2D eigenvalue weighted by atomic mass is 9.92. The average Bonchev–Trinajstić information content (AvgIpc) is 2.53. The van der Waals surface area contributed by atoms with Crippen molar-refractivity contribution in [1.29, 1.82) is 0 Å². The molecule has 0 saturated carbocycles. The smallest absolute Gasteiger partial charge is 0.200 e. The maximum Gasteiger partial charge on any atom is 0.200 e. The Morgan fingerprint density at radius 2 is 1.82 bits per heavy atom. The van der Waals surface area contributed by atoms with Crippen LogP contribution in [0.25, 0.3) is 0 Å². The molecule has 1 aliphatic rings. The largest absolute Gasteiger partial charge is 0.491 e. The van der Waals surface area contributed by atoms with Crippen molar-refractivity contribution in [2.24, 2.45) is 0 Å². The number of hydrogen-bond acceptors (Lipinski definition) is 1. The molecule has 1 aromatic carbocycles. The Kier molecular flexibility index (Phi) is 6.87. The van der Waals surface area contributed by atoms with Crippen LogP contribution in [0.5, 0.6) is 5.75 Å². The summed E-state index contributed by atoms with van der Waals surface area (Å²) >= 11 is 0. The first-order chi connectivity index (χ1) is 10.7. The quantitative estimate of drug-likeness (QED) is 0.446. The van der Waals surface area contributed by atoms with Gasteiger partial charge in [0.1, 0.15) is 0 Å².